The topological polar surface area (TPSA) is 105 Å². The van der Waals surface area contributed by atoms with E-state index in [1.54, 1.807) is 19.9 Å². The average molecular weight is 322 g/mol. The van der Waals surface area contributed by atoms with Gasteiger partial charge >= 0.3 is 6.03 Å². The summed E-state index contributed by atoms with van der Waals surface area (Å²) in [6, 6.07) is 0.320. The first-order valence-corrected chi connectivity index (χ1v) is 7.64. The molecule has 0 spiro atoms. The molecule has 8 nitrogen and oxygen atoms in total. The first-order chi connectivity index (χ1) is 10.8. The van der Waals surface area contributed by atoms with Gasteiger partial charge in [0.2, 0.25) is 5.91 Å². The summed E-state index contributed by atoms with van der Waals surface area (Å²) in [5, 5.41) is 9.10. The molecule has 1 fully saturated rings. The second-order valence-corrected chi connectivity index (χ2v) is 6.16. The van der Waals surface area contributed by atoms with Gasteiger partial charge in [0.05, 0.1) is 12.2 Å². The van der Waals surface area contributed by atoms with E-state index in [1.165, 1.54) is 6.92 Å². The molecule has 0 unspecified atom stereocenters. The molecule has 1 aromatic heterocycles. The van der Waals surface area contributed by atoms with Gasteiger partial charge < -0.3 is 15.2 Å². The van der Waals surface area contributed by atoms with Crippen LogP contribution in [0.2, 0.25) is 0 Å². The first-order valence-electron chi connectivity index (χ1n) is 7.64. The number of nitrogens with zero attached hydrogens (tertiary/aromatic N) is 2. The average Bonchev–Trinajstić information content (AvgIpc) is 2.99. The van der Waals surface area contributed by atoms with Gasteiger partial charge in [-0.05, 0) is 27.2 Å². The number of aromatic nitrogens is 1. The summed E-state index contributed by atoms with van der Waals surface area (Å²) in [6.07, 6.45) is 1.77. The van der Waals surface area contributed by atoms with Crippen LogP contribution in [0.15, 0.2) is 10.6 Å². The molecule has 2 rings (SSSR count). The maximum absolute atomic E-state index is 12.2. The molecule has 1 saturated heterocycles. The molecule has 0 saturated carbocycles. The number of imide groups is 1. The third-order valence-corrected chi connectivity index (χ3v) is 3.71. The fourth-order valence-electron chi connectivity index (χ4n) is 2.38. The van der Waals surface area contributed by atoms with Crippen LogP contribution in [0.5, 0.6) is 0 Å². The van der Waals surface area contributed by atoms with Crippen LogP contribution in [0.3, 0.4) is 0 Å². The van der Waals surface area contributed by atoms with E-state index >= 15 is 0 Å². The van der Waals surface area contributed by atoms with Crippen molar-refractivity contribution in [1.82, 2.24) is 20.7 Å². The minimum Gasteiger partial charge on any atom is -0.359 e. The maximum Gasteiger partial charge on any atom is 0.325 e. The van der Waals surface area contributed by atoms with E-state index in [0.717, 1.165) is 23.4 Å². The molecule has 1 atom stereocenters. The molecule has 23 heavy (non-hydrogen) atoms. The lowest BCUT2D eigenvalue weighted by molar-refractivity contribution is -0.137. The first kappa shape index (κ1) is 17.0. The van der Waals surface area contributed by atoms with E-state index in [0.29, 0.717) is 5.76 Å². The quantitative estimate of drug-likeness (QED) is 0.759. The van der Waals surface area contributed by atoms with Gasteiger partial charge in [-0.15, -0.1) is 0 Å². The highest BCUT2D eigenvalue weighted by molar-refractivity contribution is 6.09. The molecule has 0 aromatic carbocycles. The predicted molar refractivity (Wildman–Crippen MR) is 81.3 cm³/mol. The van der Waals surface area contributed by atoms with Crippen molar-refractivity contribution in [2.24, 2.45) is 0 Å². The number of hydrogen-bond acceptors (Lipinski definition) is 5. The smallest absolute Gasteiger partial charge is 0.325 e. The molecule has 126 valence electrons. The third-order valence-electron chi connectivity index (χ3n) is 3.71. The molecule has 1 aliphatic rings. The lowest BCUT2D eigenvalue weighted by Gasteiger charge is -2.21. The Hall–Kier alpha value is -2.38. The Labute approximate surface area is 134 Å². The summed E-state index contributed by atoms with van der Waals surface area (Å²) >= 11 is 0. The van der Waals surface area contributed by atoms with Crippen LogP contribution < -0.4 is 10.6 Å². The Bertz CT molecular complexity index is 623. The van der Waals surface area contributed by atoms with Crippen molar-refractivity contribution < 1.29 is 18.9 Å². The minimum absolute atomic E-state index is 0.160. The van der Waals surface area contributed by atoms with Crippen molar-refractivity contribution in [3.05, 3.63) is 17.5 Å². The molecule has 2 heterocycles. The molecule has 8 heteroatoms. The molecule has 0 aliphatic carbocycles. The second kappa shape index (κ2) is 6.39. The zero-order chi connectivity index (χ0) is 17.2. The highest BCUT2D eigenvalue weighted by atomic mass is 16.5. The van der Waals surface area contributed by atoms with Crippen LogP contribution in [0.25, 0.3) is 0 Å². The monoisotopic (exact) mass is 322 g/mol. The van der Waals surface area contributed by atoms with Gasteiger partial charge in [-0.25, -0.2) is 9.69 Å². The number of hydrogen-bond donors (Lipinski definition) is 2. The van der Waals surface area contributed by atoms with Crippen molar-refractivity contribution in [2.75, 3.05) is 0 Å². The fourth-order valence-corrected chi connectivity index (χ4v) is 2.38. The summed E-state index contributed by atoms with van der Waals surface area (Å²) in [7, 11) is 0. The van der Waals surface area contributed by atoms with Crippen LogP contribution >= 0.6 is 0 Å². The van der Waals surface area contributed by atoms with Crippen LogP contribution in [-0.2, 0) is 22.6 Å². The summed E-state index contributed by atoms with van der Waals surface area (Å²) < 4.78 is 5.12. The summed E-state index contributed by atoms with van der Waals surface area (Å²) in [6.45, 7) is 6.91. The Morgan fingerprint density at radius 2 is 2.17 bits per heavy atom. The highest BCUT2D eigenvalue weighted by Crippen LogP contribution is 2.19. The van der Waals surface area contributed by atoms with E-state index in [1.807, 2.05) is 6.92 Å². The fraction of sp³-hybridized carbons (Fsp3) is 0.600. The van der Waals surface area contributed by atoms with E-state index in [4.69, 9.17) is 4.52 Å². The minimum atomic E-state index is -0.994. The Balaban J connectivity index is 1.95. The largest absolute Gasteiger partial charge is 0.359 e. The number of urea groups is 1. The third kappa shape index (κ3) is 3.52. The molecule has 1 aromatic rings. The highest BCUT2D eigenvalue weighted by Gasteiger charge is 2.47. The molecule has 0 bridgehead atoms. The van der Waals surface area contributed by atoms with Gasteiger partial charge in [-0.3, -0.25) is 9.59 Å². The summed E-state index contributed by atoms with van der Waals surface area (Å²) in [4.78, 5) is 37.2. The number of amides is 4. The lowest BCUT2D eigenvalue weighted by Crippen LogP contribution is -2.49. The lowest BCUT2D eigenvalue weighted by atomic mass is 10.1. The van der Waals surface area contributed by atoms with Gasteiger partial charge in [-0.1, -0.05) is 18.5 Å². The van der Waals surface area contributed by atoms with Crippen molar-refractivity contribution in [2.45, 2.75) is 58.7 Å². The Kier molecular flexibility index (Phi) is 4.72. The number of aryl methyl sites for hydroxylation is 1. The summed E-state index contributed by atoms with van der Waals surface area (Å²) in [5.74, 6) is -0.318. The molecule has 0 radical (unpaired) electrons. The van der Waals surface area contributed by atoms with E-state index in [9.17, 15) is 14.4 Å². The number of nitrogens with one attached hydrogen (secondary N) is 2. The number of carbonyl (C=O) groups excluding carboxylic acids is 3. The van der Waals surface area contributed by atoms with Crippen LogP contribution in [0.4, 0.5) is 4.79 Å². The van der Waals surface area contributed by atoms with E-state index in [-0.39, 0.29) is 6.54 Å². The van der Waals surface area contributed by atoms with Crippen LogP contribution in [-0.4, -0.2) is 39.5 Å². The molecular formula is C15H22N4O4. The van der Waals surface area contributed by atoms with Crippen molar-refractivity contribution in [1.29, 1.82) is 0 Å². The molecule has 1 aliphatic heterocycles. The standard InChI is InChI=1S/C15H22N4O4/c1-5-6-10-7-11(23-18-10)8-16-12(20)9(2)19-13(21)15(3,4)17-14(19)22/h7,9H,5-6,8H2,1-4H3,(H,16,20)(H,17,22)/t9-/m1/s1. The van der Waals surface area contributed by atoms with Crippen molar-refractivity contribution >= 4 is 17.8 Å². The predicted octanol–water partition coefficient (Wildman–Crippen LogP) is 0.962. The second-order valence-electron chi connectivity index (χ2n) is 6.16. The van der Waals surface area contributed by atoms with Crippen molar-refractivity contribution in [3.63, 3.8) is 0 Å². The molecule has 2 N–H and O–H groups in total. The normalized spacial score (nSPS) is 18.0. The SMILES string of the molecule is CCCc1cc(CNC(=O)[C@@H](C)N2C(=O)NC(C)(C)C2=O)on1. The zero-order valence-electron chi connectivity index (χ0n) is 13.8. The van der Waals surface area contributed by atoms with Gasteiger partial charge in [0.15, 0.2) is 5.76 Å². The molecule has 4 amide bonds. The Morgan fingerprint density at radius 3 is 2.74 bits per heavy atom. The van der Waals surface area contributed by atoms with Gasteiger partial charge in [-0.2, -0.15) is 0 Å². The van der Waals surface area contributed by atoms with E-state index in [2.05, 4.69) is 15.8 Å². The molecular weight excluding hydrogens is 300 g/mol. The van der Waals surface area contributed by atoms with E-state index < -0.39 is 29.4 Å². The maximum atomic E-state index is 12.2. The van der Waals surface area contributed by atoms with Gasteiger partial charge in [0.1, 0.15) is 11.6 Å². The summed E-state index contributed by atoms with van der Waals surface area (Å²) in [5.41, 5.74) is -0.161. The number of carbonyl (C=O) groups is 3. The zero-order valence-corrected chi connectivity index (χ0v) is 13.8. The Morgan fingerprint density at radius 1 is 1.48 bits per heavy atom. The van der Waals surface area contributed by atoms with Gasteiger partial charge in [0, 0.05) is 6.07 Å². The van der Waals surface area contributed by atoms with Crippen LogP contribution in [0.1, 0.15) is 45.6 Å². The van der Waals surface area contributed by atoms with Gasteiger partial charge in [0.25, 0.3) is 5.91 Å². The van der Waals surface area contributed by atoms with Crippen LogP contribution in [0, 0.1) is 0 Å². The number of rotatable bonds is 6. The van der Waals surface area contributed by atoms with Crippen molar-refractivity contribution in [3.8, 4) is 0 Å².